The first kappa shape index (κ1) is 15.8. The van der Waals surface area contributed by atoms with Gasteiger partial charge in [-0.1, -0.05) is 17.7 Å². The van der Waals surface area contributed by atoms with Gasteiger partial charge >= 0.3 is 6.03 Å². The van der Waals surface area contributed by atoms with Gasteiger partial charge in [-0.25, -0.2) is 4.79 Å². The van der Waals surface area contributed by atoms with Crippen molar-refractivity contribution < 1.29 is 9.90 Å². The molecule has 0 fully saturated rings. The van der Waals surface area contributed by atoms with Gasteiger partial charge in [-0.15, -0.1) is 11.3 Å². The van der Waals surface area contributed by atoms with Crippen LogP contribution < -0.4 is 10.6 Å². The molecule has 4 nitrogen and oxygen atoms in total. The fourth-order valence-electron chi connectivity index (χ4n) is 1.79. The van der Waals surface area contributed by atoms with E-state index in [0.717, 1.165) is 16.2 Å². The third-order valence-corrected chi connectivity index (χ3v) is 4.38. The molecule has 112 valence electrons. The Labute approximate surface area is 132 Å². The summed E-state index contributed by atoms with van der Waals surface area (Å²) in [6.07, 6.45) is 0.295. The molecule has 1 heterocycles. The topological polar surface area (TPSA) is 61.4 Å². The Hall–Kier alpha value is -1.56. The lowest BCUT2D eigenvalue weighted by atomic mass is 10.3. The number of aliphatic hydroxyl groups is 1. The summed E-state index contributed by atoms with van der Waals surface area (Å²) >= 11 is 7.41. The molecule has 2 amide bonds. The van der Waals surface area contributed by atoms with Gasteiger partial charge in [-0.3, -0.25) is 0 Å². The number of hydrogen-bond acceptors (Lipinski definition) is 3. The smallest absolute Gasteiger partial charge is 0.319 e. The summed E-state index contributed by atoms with van der Waals surface area (Å²) in [5, 5.41) is 15.5. The van der Waals surface area contributed by atoms with E-state index in [1.54, 1.807) is 42.5 Å². The zero-order chi connectivity index (χ0) is 15.2. The van der Waals surface area contributed by atoms with E-state index in [-0.39, 0.29) is 6.03 Å². The fourth-order valence-corrected chi connectivity index (χ4v) is 2.93. The summed E-state index contributed by atoms with van der Waals surface area (Å²) in [6, 6.07) is 10.6. The van der Waals surface area contributed by atoms with E-state index in [1.807, 2.05) is 12.1 Å². The Morgan fingerprint density at radius 2 is 2.19 bits per heavy atom. The highest BCUT2D eigenvalue weighted by Crippen LogP contribution is 2.23. The number of carbonyl (C=O) groups excluding carboxylic acids is 1. The molecule has 0 aliphatic rings. The van der Waals surface area contributed by atoms with Gasteiger partial charge in [0.2, 0.25) is 0 Å². The second kappa shape index (κ2) is 7.45. The Morgan fingerprint density at radius 1 is 1.38 bits per heavy atom. The minimum atomic E-state index is -0.442. The molecule has 2 aromatic rings. The van der Waals surface area contributed by atoms with Crippen LogP contribution in [0.15, 0.2) is 36.4 Å². The molecule has 6 heteroatoms. The molecular weight excluding hydrogens is 308 g/mol. The predicted molar refractivity (Wildman–Crippen MR) is 87.1 cm³/mol. The maximum Gasteiger partial charge on any atom is 0.319 e. The highest BCUT2D eigenvalue weighted by atomic mass is 35.5. The van der Waals surface area contributed by atoms with Crippen molar-refractivity contribution in [3.63, 3.8) is 0 Å². The van der Waals surface area contributed by atoms with E-state index in [1.165, 1.54) is 0 Å². The number of carbonyl (C=O) groups is 1. The van der Waals surface area contributed by atoms with Crippen LogP contribution in [0.3, 0.4) is 0 Å². The summed E-state index contributed by atoms with van der Waals surface area (Å²) in [5.41, 5.74) is 0.660. The third kappa shape index (κ3) is 5.04. The molecule has 21 heavy (non-hydrogen) atoms. The maximum atomic E-state index is 11.7. The normalized spacial score (nSPS) is 12.0. The molecular formula is C15H17ClN2O2S. The zero-order valence-corrected chi connectivity index (χ0v) is 13.2. The highest BCUT2D eigenvalue weighted by Gasteiger charge is 2.06. The van der Waals surface area contributed by atoms with Gasteiger partial charge in [0.15, 0.2) is 0 Å². The largest absolute Gasteiger partial charge is 0.388 e. The number of rotatable bonds is 5. The molecule has 2 rings (SSSR count). The van der Waals surface area contributed by atoms with Crippen molar-refractivity contribution in [1.29, 1.82) is 0 Å². The SMILES string of the molecule is C[C@H](O)c1ccc(CCNC(=O)Nc2cccc(Cl)c2)s1. The first-order valence-corrected chi connectivity index (χ1v) is 7.81. The molecule has 3 N–H and O–H groups in total. The zero-order valence-electron chi connectivity index (χ0n) is 11.6. The first-order valence-electron chi connectivity index (χ1n) is 6.61. The fraction of sp³-hybridized carbons (Fsp3) is 0.267. The molecule has 0 bridgehead atoms. The van der Waals surface area contributed by atoms with E-state index < -0.39 is 6.10 Å². The summed E-state index contributed by atoms with van der Waals surface area (Å²) in [6.45, 7) is 2.28. The van der Waals surface area contributed by atoms with Crippen LogP contribution in [0.1, 0.15) is 22.8 Å². The number of benzene rings is 1. The van der Waals surface area contributed by atoms with E-state index >= 15 is 0 Å². The van der Waals surface area contributed by atoms with Crippen molar-refractivity contribution in [3.8, 4) is 0 Å². The Morgan fingerprint density at radius 3 is 2.86 bits per heavy atom. The minimum absolute atomic E-state index is 0.260. The number of hydrogen-bond donors (Lipinski definition) is 3. The van der Waals surface area contributed by atoms with Crippen LogP contribution in [0.5, 0.6) is 0 Å². The van der Waals surface area contributed by atoms with Crippen molar-refractivity contribution in [1.82, 2.24) is 5.32 Å². The lowest BCUT2D eigenvalue weighted by Gasteiger charge is -2.07. The molecule has 0 spiro atoms. The molecule has 0 aliphatic carbocycles. The summed E-state index contributed by atoms with van der Waals surface area (Å²) in [5.74, 6) is 0. The van der Waals surface area contributed by atoms with Gasteiger partial charge < -0.3 is 15.7 Å². The Kier molecular flexibility index (Phi) is 5.61. The van der Waals surface area contributed by atoms with Crippen LogP contribution >= 0.6 is 22.9 Å². The van der Waals surface area contributed by atoms with Gasteiger partial charge in [0.25, 0.3) is 0 Å². The average Bonchev–Trinajstić information content (AvgIpc) is 2.87. The number of thiophene rings is 1. The van der Waals surface area contributed by atoms with Crippen LogP contribution in [0.4, 0.5) is 10.5 Å². The molecule has 0 saturated carbocycles. The van der Waals surface area contributed by atoms with E-state index in [0.29, 0.717) is 17.3 Å². The van der Waals surface area contributed by atoms with E-state index in [9.17, 15) is 9.90 Å². The molecule has 0 radical (unpaired) electrons. The number of urea groups is 1. The lowest BCUT2D eigenvalue weighted by molar-refractivity contribution is 0.203. The first-order chi connectivity index (χ1) is 10.0. The van der Waals surface area contributed by atoms with Crippen molar-refractivity contribution in [3.05, 3.63) is 51.2 Å². The van der Waals surface area contributed by atoms with Crippen LogP contribution in [0.2, 0.25) is 5.02 Å². The number of halogens is 1. The average molecular weight is 325 g/mol. The van der Waals surface area contributed by atoms with Crippen molar-refractivity contribution in [2.45, 2.75) is 19.4 Å². The van der Waals surface area contributed by atoms with Crippen LogP contribution in [0, 0.1) is 0 Å². The van der Waals surface area contributed by atoms with Gasteiger partial charge in [-0.2, -0.15) is 0 Å². The van der Waals surface area contributed by atoms with Crippen LogP contribution in [-0.4, -0.2) is 17.7 Å². The van der Waals surface area contributed by atoms with E-state index in [2.05, 4.69) is 10.6 Å². The van der Waals surface area contributed by atoms with Gasteiger partial charge in [0.1, 0.15) is 0 Å². The third-order valence-electron chi connectivity index (χ3n) is 2.83. The van der Waals surface area contributed by atoms with Crippen LogP contribution in [0.25, 0.3) is 0 Å². The molecule has 1 aromatic heterocycles. The molecule has 0 unspecified atom stereocenters. The highest BCUT2D eigenvalue weighted by molar-refractivity contribution is 7.12. The minimum Gasteiger partial charge on any atom is -0.388 e. The number of amides is 2. The molecule has 0 aliphatic heterocycles. The number of aliphatic hydroxyl groups excluding tert-OH is 1. The molecule has 1 aromatic carbocycles. The molecule has 0 saturated heterocycles. The number of nitrogens with one attached hydrogen (secondary N) is 2. The van der Waals surface area contributed by atoms with Gasteiger partial charge in [0, 0.05) is 27.0 Å². The van der Waals surface area contributed by atoms with Crippen LogP contribution in [-0.2, 0) is 6.42 Å². The van der Waals surface area contributed by atoms with E-state index in [4.69, 9.17) is 11.6 Å². The summed E-state index contributed by atoms with van der Waals surface area (Å²) < 4.78 is 0. The lowest BCUT2D eigenvalue weighted by Crippen LogP contribution is -2.30. The standard InChI is InChI=1S/C15H17ClN2O2S/c1-10(19)14-6-5-13(21-14)7-8-17-15(20)18-12-4-2-3-11(16)9-12/h2-6,9-10,19H,7-8H2,1H3,(H2,17,18,20)/t10-/m0/s1. The summed E-state index contributed by atoms with van der Waals surface area (Å²) in [7, 11) is 0. The second-order valence-electron chi connectivity index (χ2n) is 4.62. The predicted octanol–water partition coefficient (Wildman–Crippen LogP) is 3.82. The van der Waals surface area contributed by atoms with Crippen molar-refractivity contribution in [2.75, 3.05) is 11.9 Å². The maximum absolute atomic E-state index is 11.7. The van der Waals surface area contributed by atoms with Gasteiger partial charge in [-0.05, 0) is 43.7 Å². The Bertz CT molecular complexity index is 613. The molecule has 1 atom stereocenters. The van der Waals surface area contributed by atoms with Gasteiger partial charge in [0.05, 0.1) is 6.10 Å². The monoisotopic (exact) mass is 324 g/mol. The van der Waals surface area contributed by atoms with Crippen molar-refractivity contribution in [2.24, 2.45) is 0 Å². The summed E-state index contributed by atoms with van der Waals surface area (Å²) in [4.78, 5) is 13.8. The quantitative estimate of drug-likeness (QED) is 0.783. The van der Waals surface area contributed by atoms with Crippen molar-refractivity contribution >= 4 is 34.7 Å². The number of anilines is 1. The second-order valence-corrected chi connectivity index (χ2v) is 6.26. The Balaban J connectivity index is 1.76.